The minimum absolute atomic E-state index is 0.0433. The summed E-state index contributed by atoms with van der Waals surface area (Å²) < 4.78 is 0. The summed E-state index contributed by atoms with van der Waals surface area (Å²) in [4.78, 5) is 35.4. The number of anilines is 1. The van der Waals surface area contributed by atoms with Gasteiger partial charge in [-0.15, -0.1) is 0 Å². The molecule has 1 aromatic carbocycles. The van der Waals surface area contributed by atoms with Crippen LogP contribution in [0.25, 0.3) is 0 Å². The van der Waals surface area contributed by atoms with Crippen molar-refractivity contribution < 1.29 is 14.4 Å². The molecule has 0 bridgehead atoms. The molecule has 6 heteroatoms. The molecule has 3 amide bonds. The van der Waals surface area contributed by atoms with Crippen molar-refractivity contribution in [2.75, 3.05) is 18.4 Å². The monoisotopic (exact) mass is 331 g/mol. The third-order valence-corrected chi connectivity index (χ3v) is 3.74. The van der Waals surface area contributed by atoms with Gasteiger partial charge in [0.15, 0.2) is 0 Å². The first-order chi connectivity index (χ1) is 11.3. The van der Waals surface area contributed by atoms with Crippen LogP contribution in [0.3, 0.4) is 0 Å². The summed E-state index contributed by atoms with van der Waals surface area (Å²) in [6.45, 7) is 6.26. The van der Waals surface area contributed by atoms with E-state index in [0.29, 0.717) is 24.3 Å². The predicted molar refractivity (Wildman–Crippen MR) is 92.6 cm³/mol. The summed E-state index contributed by atoms with van der Waals surface area (Å²) in [6, 6.07) is 6.78. The Labute approximate surface area is 142 Å². The van der Waals surface area contributed by atoms with E-state index in [1.165, 1.54) is 0 Å². The lowest BCUT2D eigenvalue weighted by Gasteiger charge is -2.17. The van der Waals surface area contributed by atoms with E-state index in [4.69, 9.17) is 0 Å². The second kappa shape index (κ2) is 7.47. The number of nitrogens with one attached hydrogen (secondary N) is 3. The first-order valence-corrected chi connectivity index (χ1v) is 8.25. The van der Waals surface area contributed by atoms with Gasteiger partial charge in [0.25, 0.3) is 5.91 Å². The van der Waals surface area contributed by atoms with Crippen LogP contribution in [0, 0.1) is 11.3 Å². The number of hydrogen-bond acceptors (Lipinski definition) is 3. The second-order valence-electron chi connectivity index (χ2n) is 7.10. The van der Waals surface area contributed by atoms with Crippen LogP contribution in [0.2, 0.25) is 0 Å². The number of rotatable bonds is 6. The SMILES string of the molecule is CC(C)(C)C(=O)NCCNC(=O)c1ccc(NC(=O)C2CC2)cc1. The van der Waals surface area contributed by atoms with Crippen LogP contribution >= 0.6 is 0 Å². The molecule has 0 atom stereocenters. The summed E-state index contributed by atoms with van der Waals surface area (Å²) in [5.74, 6) is -0.0642. The van der Waals surface area contributed by atoms with E-state index in [9.17, 15) is 14.4 Å². The van der Waals surface area contributed by atoms with Crippen LogP contribution in [-0.2, 0) is 9.59 Å². The van der Waals surface area contributed by atoms with Gasteiger partial charge >= 0.3 is 0 Å². The molecule has 0 saturated heterocycles. The quantitative estimate of drug-likeness (QED) is 0.696. The molecule has 1 fully saturated rings. The van der Waals surface area contributed by atoms with E-state index < -0.39 is 5.41 Å². The normalized spacial score (nSPS) is 14.0. The predicted octanol–water partition coefficient (Wildman–Crippen LogP) is 1.93. The minimum Gasteiger partial charge on any atom is -0.354 e. The van der Waals surface area contributed by atoms with Gasteiger partial charge in [-0.2, -0.15) is 0 Å². The lowest BCUT2D eigenvalue weighted by molar-refractivity contribution is -0.128. The first kappa shape index (κ1) is 18.0. The van der Waals surface area contributed by atoms with E-state index in [2.05, 4.69) is 16.0 Å². The number of amides is 3. The average molecular weight is 331 g/mol. The minimum atomic E-state index is -0.440. The summed E-state index contributed by atoms with van der Waals surface area (Å²) >= 11 is 0. The number of benzene rings is 1. The zero-order chi connectivity index (χ0) is 17.7. The van der Waals surface area contributed by atoms with Crippen molar-refractivity contribution >= 4 is 23.4 Å². The Morgan fingerprint density at radius 1 is 1.00 bits per heavy atom. The zero-order valence-electron chi connectivity index (χ0n) is 14.4. The zero-order valence-corrected chi connectivity index (χ0v) is 14.4. The Hall–Kier alpha value is -2.37. The molecule has 1 aliphatic rings. The van der Waals surface area contributed by atoms with Crippen LogP contribution in [0.1, 0.15) is 44.0 Å². The van der Waals surface area contributed by atoms with Gasteiger partial charge in [0.1, 0.15) is 0 Å². The molecule has 0 radical (unpaired) electrons. The summed E-state index contributed by atoms with van der Waals surface area (Å²) in [6.07, 6.45) is 1.91. The molecular weight excluding hydrogens is 306 g/mol. The molecule has 0 unspecified atom stereocenters. The first-order valence-electron chi connectivity index (χ1n) is 8.25. The average Bonchev–Trinajstić information content (AvgIpc) is 3.35. The molecule has 0 aromatic heterocycles. The Balaban J connectivity index is 1.74. The van der Waals surface area contributed by atoms with Crippen molar-refractivity contribution in [2.45, 2.75) is 33.6 Å². The van der Waals surface area contributed by atoms with E-state index in [1.54, 1.807) is 24.3 Å². The third-order valence-electron chi connectivity index (χ3n) is 3.74. The van der Waals surface area contributed by atoms with E-state index in [0.717, 1.165) is 12.8 Å². The van der Waals surface area contributed by atoms with Gasteiger partial charge in [-0.3, -0.25) is 14.4 Å². The highest BCUT2D eigenvalue weighted by Crippen LogP contribution is 2.30. The van der Waals surface area contributed by atoms with E-state index in [1.807, 2.05) is 20.8 Å². The Morgan fingerprint density at radius 2 is 1.58 bits per heavy atom. The maximum Gasteiger partial charge on any atom is 0.251 e. The molecule has 0 heterocycles. The van der Waals surface area contributed by atoms with Crippen LogP contribution < -0.4 is 16.0 Å². The fourth-order valence-corrected chi connectivity index (χ4v) is 2.01. The molecule has 24 heavy (non-hydrogen) atoms. The molecule has 1 aromatic rings. The summed E-state index contributed by atoms with van der Waals surface area (Å²) in [5, 5.41) is 8.36. The molecule has 0 spiro atoms. The highest BCUT2D eigenvalue weighted by atomic mass is 16.2. The second-order valence-corrected chi connectivity index (χ2v) is 7.10. The van der Waals surface area contributed by atoms with Gasteiger partial charge in [0.2, 0.25) is 11.8 Å². The summed E-state index contributed by atoms with van der Waals surface area (Å²) in [7, 11) is 0. The lowest BCUT2D eigenvalue weighted by atomic mass is 9.96. The molecule has 130 valence electrons. The van der Waals surface area contributed by atoms with Crippen LogP contribution in [-0.4, -0.2) is 30.8 Å². The molecule has 1 aliphatic carbocycles. The van der Waals surface area contributed by atoms with Crippen molar-refractivity contribution in [1.29, 1.82) is 0 Å². The Morgan fingerprint density at radius 3 is 2.12 bits per heavy atom. The van der Waals surface area contributed by atoms with Crippen molar-refractivity contribution in [3.05, 3.63) is 29.8 Å². The van der Waals surface area contributed by atoms with Crippen molar-refractivity contribution in [1.82, 2.24) is 10.6 Å². The Kier molecular flexibility index (Phi) is 5.59. The van der Waals surface area contributed by atoms with E-state index in [-0.39, 0.29) is 23.6 Å². The third kappa shape index (κ3) is 5.37. The van der Waals surface area contributed by atoms with Crippen LogP contribution in [0.5, 0.6) is 0 Å². The van der Waals surface area contributed by atoms with Crippen molar-refractivity contribution in [3.8, 4) is 0 Å². The smallest absolute Gasteiger partial charge is 0.251 e. The fraction of sp³-hybridized carbons (Fsp3) is 0.500. The summed E-state index contributed by atoms with van der Waals surface area (Å²) in [5.41, 5.74) is 0.771. The topological polar surface area (TPSA) is 87.3 Å². The largest absolute Gasteiger partial charge is 0.354 e. The number of hydrogen-bond donors (Lipinski definition) is 3. The molecule has 1 saturated carbocycles. The van der Waals surface area contributed by atoms with Gasteiger partial charge in [-0.1, -0.05) is 20.8 Å². The maximum atomic E-state index is 12.0. The molecule has 6 nitrogen and oxygen atoms in total. The van der Waals surface area contributed by atoms with Crippen molar-refractivity contribution in [3.63, 3.8) is 0 Å². The standard InChI is InChI=1S/C18H25N3O3/c1-18(2,3)17(24)20-11-10-19-15(22)12-6-8-14(9-7-12)21-16(23)13-4-5-13/h6-9,13H,4-5,10-11H2,1-3H3,(H,19,22)(H,20,24)(H,21,23). The van der Waals surface area contributed by atoms with Gasteiger partial charge in [-0.25, -0.2) is 0 Å². The molecule has 0 aliphatic heterocycles. The number of carbonyl (C=O) groups is 3. The van der Waals surface area contributed by atoms with Gasteiger partial charge in [-0.05, 0) is 37.1 Å². The van der Waals surface area contributed by atoms with Crippen LogP contribution in [0.15, 0.2) is 24.3 Å². The van der Waals surface area contributed by atoms with Crippen molar-refractivity contribution in [2.24, 2.45) is 11.3 Å². The van der Waals surface area contributed by atoms with E-state index >= 15 is 0 Å². The maximum absolute atomic E-state index is 12.0. The van der Waals surface area contributed by atoms with Gasteiger partial charge < -0.3 is 16.0 Å². The lowest BCUT2D eigenvalue weighted by Crippen LogP contribution is -2.39. The van der Waals surface area contributed by atoms with Gasteiger partial charge in [0.05, 0.1) is 0 Å². The highest BCUT2D eigenvalue weighted by molar-refractivity contribution is 5.96. The highest BCUT2D eigenvalue weighted by Gasteiger charge is 2.29. The molecule has 2 rings (SSSR count). The molecular formula is C18H25N3O3. The fourth-order valence-electron chi connectivity index (χ4n) is 2.01. The van der Waals surface area contributed by atoms with Gasteiger partial charge in [0, 0.05) is 35.7 Å². The number of carbonyl (C=O) groups excluding carboxylic acids is 3. The molecule has 3 N–H and O–H groups in total. The Bertz CT molecular complexity index is 613. The van der Waals surface area contributed by atoms with Crippen LogP contribution in [0.4, 0.5) is 5.69 Å².